The van der Waals surface area contributed by atoms with Crippen molar-refractivity contribution in [3.8, 4) is 17.6 Å². The van der Waals surface area contributed by atoms with Gasteiger partial charge in [-0.1, -0.05) is 18.2 Å². The lowest BCUT2D eigenvalue weighted by atomic mass is 10.1. The maximum absolute atomic E-state index is 11.2. The third-order valence-electron chi connectivity index (χ3n) is 3.26. The van der Waals surface area contributed by atoms with E-state index in [1.54, 1.807) is 30.3 Å². The van der Waals surface area contributed by atoms with Gasteiger partial charge in [0, 0.05) is 17.7 Å². The third kappa shape index (κ3) is 5.07. The van der Waals surface area contributed by atoms with E-state index in [9.17, 15) is 14.9 Å². The summed E-state index contributed by atoms with van der Waals surface area (Å²) in [7, 11) is 0. The van der Waals surface area contributed by atoms with Gasteiger partial charge in [0.2, 0.25) is 0 Å². The van der Waals surface area contributed by atoms with Crippen LogP contribution in [0.2, 0.25) is 0 Å². The highest BCUT2D eigenvalue weighted by molar-refractivity contribution is 6.00. The van der Waals surface area contributed by atoms with Crippen LogP contribution in [0, 0.1) is 21.4 Å². The number of primary amides is 1. The number of amides is 1. The van der Waals surface area contributed by atoms with Crippen LogP contribution in [0.3, 0.4) is 0 Å². The molecule has 0 heterocycles. The quantitative estimate of drug-likeness (QED) is 0.255. The van der Waals surface area contributed by atoms with Gasteiger partial charge in [-0.05, 0) is 24.3 Å². The molecule has 0 aliphatic carbocycles. The lowest BCUT2D eigenvalue weighted by Gasteiger charge is -2.10. The standard InChI is InChI=1S/C18H15N3O5/c19-12-14(18(20)22)11-13-3-1-2-4-17(13)26-10-9-25-16-7-5-15(6-8-16)21(23)24/h1-8,11H,9-10H2,(H2,20,22)/b14-11-. The molecule has 0 fully saturated rings. The summed E-state index contributed by atoms with van der Waals surface area (Å²) in [6.07, 6.45) is 1.36. The van der Waals surface area contributed by atoms with Gasteiger partial charge < -0.3 is 15.2 Å². The first-order valence-corrected chi connectivity index (χ1v) is 7.52. The average molecular weight is 353 g/mol. The number of nitrogens with zero attached hydrogens (tertiary/aromatic N) is 2. The van der Waals surface area contributed by atoms with E-state index in [2.05, 4.69) is 0 Å². The van der Waals surface area contributed by atoms with Gasteiger partial charge >= 0.3 is 0 Å². The molecule has 0 bridgehead atoms. The molecule has 0 unspecified atom stereocenters. The number of para-hydroxylation sites is 1. The van der Waals surface area contributed by atoms with E-state index >= 15 is 0 Å². The Labute approximate surface area is 149 Å². The van der Waals surface area contributed by atoms with Crippen molar-refractivity contribution in [1.29, 1.82) is 5.26 Å². The highest BCUT2D eigenvalue weighted by atomic mass is 16.6. The number of rotatable bonds is 8. The summed E-state index contributed by atoms with van der Waals surface area (Å²) in [4.78, 5) is 21.3. The zero-order valence-corrected chi connectivity index (χ0v) is 13.6. The minimum atomic E-state index is -0.816. The Balaban J connectivity index is 1.95. The number of carbonyl (C=O) groups excluding carboxylic acids is 1. The molecule has 0 spiro atoms. The van der Waals surface area contributed by atoms with Crippen LogP contribution in [0.25, 0.3) is 6.08 Å². The Morgan fingerprint density at radius 2 is 1.81 bits per heavy atom. The molecule has 0 saturated carbocycles. The first kappa shape index (κ1) is 18.5. The number of non-ortho nitro benzene ring substituents is 1. The molecule has 2 aromatic rings. The maximum atomic E-state index is 11.2. The molecule has 2 rings (SSSR count). The summed E-state index contributed by atoms with van der Waals surface area (Å²) in [5.74, 6) is 0.130. The highest BCUT2D eigenvalue weighted by Gasteiger charge is 2.07. The van der Waals surface area contributed by atoms with Gasteiger partial charge in [-0.2, -0.15) is 5.26 Å². The zero-order valence-electron chi connectivity index (χ0n) is 13.6. The van der Waals surface area contributed by atoms with E-state index in [0.29, 0.717) is 17.1 Å². The topological polar surface area (TPSA) is 128 Å². The number of benzene rings is 2. The van der Waals surface area contributed by atoms with Gasteiger partial charge in [-0.3, -0.25) is 14.9 Å². The number of nitrogens with two attached hydrogens (primary N) is 1. The molecule has 1 amide bonds. The van der Waals surface area contributed by atoms with Crippen molar-refractivity contribution in [2.24, 2.45) is 5.73 Å². The monoisotopic (exact) mass is 353 g/mol. The molecule has 0 aliphatic heterocycles. The molecular weight excluding hydrogens is 338 g/mol. The lowest BCUT2D eigenvalue weighted by molar-refractivity contribution is -0.384. The van der Waals surface area contributed by atoms with E-state index < -0.39 is 10.8 Å². The molecule has 0 saturated heterocycles. The van der Waals surface area contributed by atoms with E-state index in [1.807, 2.05) is 0 Å². The van der Waals surface area contributed by atoms with Crippen molar-refractivity contribution in [3.05, 3.63) is 69.8 Å². The van der Waals surface area contributed by atoms with E-state index in [-0.39, 0.29) is 24.5 Å². The fourth-order valence-corrected chi connectivity index (χ4v) is 2.02. The summed E-state index contributed by atoms with van der Waals surface area (Å²) in [6.45, 7) is 0.400. The van der Waals surface area contributed by atoms with Crippen molar-refractivity contribution in [2.75, 3.05) is 13.2 Å². The van der Waals surface area contributed by atoms with E-state index in [0.717, 1.165) is 0 Å². The normalized spacial score (nSPS) is 10.7. The number of nitro groups is 1. The molecular formula is C18H15N3O5. The van der Waals surface area contributed by atoms with Gasteiger partial charge in [0.15, 0.2) is 0 Å². The Morgan fingerprint density at radius 1 is 1.15 bits per heavy atom. The molecule has 26 heavy (non-hydrogen) atoms. The van der Waals surface area contributed by atoms with Crippen molar-refractivity contribution >= 4 is 17.7 Å². The largest absolute Gasteiger partial charge is 0.490 e. The minimum Gasteiger partial charge on any atom is -0.490 e. The molecule has 8 heteroatoms. The fraction of sp³-hybridized carbons (Fsp3) is 0.111. The zero-order chi connectivity index (χ0) is 18.9. The number of nitro benzene ring substituents is 1. The summed E-state index contributed by atoms with van der Waals surface area (Å²) < 4.78 is 11.1. The molecule has 0 aliphatic rings. The Bertz CT molecular complexity index is 869. The van der Waals surface area contributed by atoms with Gasteiger partial charge in [0.25, 0.3) is 11.6 Å². The van der Waals surface area contributed by atoms with Gasteiger partial charge in [0.05, 0.1) is 4.92 Å². The Morgan fingerprint density at radius 3 is 2.42 bits per heavy atom. The van der Waals surface area contributed by atoms with Crippen molar-refractivity contribution in [1.82, 2.24) is 0 Å². The second kappa shape index (κ2) is 8.84. The second-order valence-electron chi connectivity index (χ2n) is 5.02. The smallest absolute Gasteiger partial charge is 0.269 e. The molecule has 0 atom stereocenters. The highest BCUT2D eigenvalue weighted by Crippen LogP contribution is 2.21. The SMILES string of the molecule is N#C/C(=C/c1ccccc1OCCOc1ccc([N+](=O)[O-])cc1)C(N)=O. The minimum absolute atomic E-state index is 0.0166. The van der Waals surface area contributed by atoms with Crippen LogP contribution in [0.4, 0.5) is 5.69 Å². The van der Waals surface area contributed by atoms with Crippen LogP contribution in [0.1, 0.15) is 5.56 Å². The van der Waals surface area contributed by atoms with Crippen molar-refractivity contribution < 1.29 is 19.2 Å². The van der Waals surface area contributed by atoms with Crippen LogP contribution in [-0.2, 0) is 4.79 Å². The summed E-state index contributed by atoms with van der Waals surface area (Å²) in [5, 5.41) is 19.5. The van der Waals surface area contributed by atoms with Crippen molar-refractivity contribution in [3.63, 3.8) is 0 Å². The fourth-order valence-electron chi connectivity index (χ4n) is 2.02. The van der Waals surface area contributed by atoms with Crippen LogP contribution in [-0.4, -0.2) is 24.0 Å². The average Bonchev–Trinajstić information content (AvgIpc) is 2.64. The maximum Gasteiger partial charge on any atom is 0.269 e. The summed E-state index contributed by atoms with van der Waals surface area (Å²) >= 11 is 0. The van der Waals surface area contributed by atoms with Crippen LogP contribution in [0.5, 0.6) is 11.5 Å². The van der Waals surface area contributed by atoms with Gasteiger partial charge in [-0.15, -0.1) is 0 Å². The molecule has 132 valence electrons. The lowest BCUT2D eigenvalue weighted by Crippen LogP contribution is -2.13. The molecule has 8 nitrogen and oxygen atoms in total. The Kier molecular flexibility index (Phi) is 6.28. The third-order valence-corrected chi connectivity index (χ3v) is 3.26. The van der Waals surface area contributed by atoms with Crippen LogP contribution >= 0.6 is 0 Å². The second-order valence-corrected chi connectivity index (χ2v) is 5.02. The van der Waals surface area contributed by atoms with Crippen LogP contribution < -0.4 is 15.2 Å². The molecule has 0 radical (unpaired) electrons. The molecule has 2 N–H and O–H groups in total. The van der Waals surface area contributed by atoms with Gasteiger partial charge in [-0.25, -0.2) is 0 Å². The van der Waals surface area contributed by atoms with E-state index in [4.69, 9.17) is 20.5 Å². The first-order valence-electron chi connectivity index (χ1n) is 7.52. The van der Waals surface area contributed by atoms with Crippen LogP contribution in [0.15, 0.2) is 54.1 Å². The molecule has 0 aromatic heterocycles. The van der Waals surface area contributed by atoms with E-state index in [1.165, 1.54) is 30.3 Å². The number of ether oxygens (including phenoxy) is 2. The number of hydrogen-bond acceptors (Lipinski definition) is 6. The molecule has 2 aromatic carbocycles. The predicted molar refractivity (Wildman–Crippen MR) is 93.3 cm³/mol. The predicted octanol–water partition coefficient (Wildman–Crippen LogP) is 2.44. The van der Waals surface area contributed by atoms with Gasteiger partial charge in [0.1, 0.15) is 36.4 Å². The Hall–Kier alpha value is -3.86. The number of nitriles is 1. The number of carbonyl (C=O) groups is 1. The summed E-state index contributed by atoms with van der Waals surface area (Å²) in [6, 6.07) is 14.3. The summed E-state index contributed by atoms with van der Waals surface area (Å²) in [5.41, 5.74) is 5.47. The number of hydrogen-bond donors (Lipinski definition) is 1. The van der Waals surface area contributed by atoms with Crippen molar-refractivity contribution in [2.45, 2.75) is 0 Å². The first-order chi connectivity index (χ1) is 12.5.